The molecule has 0 atom stereocenters. The van der Waals surface area contributed by atoms with Crippen LogP contribution in [0.1, 0.15) is 40.2 Å². The summed E-state index contributed by atoms with van der Waals surface area (Å²) in [5.41, 5.74) is 2.31. The van der Waals surface area contributed by atoms with E-state index >= 15 is 0 Å². The lowest BCUT2D eigenvalue weighted by molar-refractivity contribution is -0.107. The molecule has 1 aliphatic heterocycles. The molecule has 0 saturated heterocycles. The quantitative estimate of drug-likeness (QED) is 0.642. The number of hydrogen-bond acceptors (Lipinski definition) is 3. The van der Waals surface area contributed by atoms with E-state index in [2.05, 4.69) is 53.6 Å². The van der Waals surface area contributed by atoms with Crippen LogP contribution < -0.4 is 9.62 Å². The van der Waals surface area contributed by atoms with E-state index in [4.69, 9.17) is 0 Å². The van der Waals surface area contributed by atoms with Crippen molar-refractivity contribution in [3.63, 3.8) is 0 Å². The third-order valence-electron chi connectivity index (χ3n) is 2.66. The number of nitrogens with one attached hydrogen (secondary N) is 1. The summed E-state index contributed by atoms with van der Waals surface area (Å²) < 4.78 is 4.46. The standard InChI is InChI=1S/C13H17BrN2OS.C2H6/c1-13(2,3)15-18-12-7-11-9(6-10(12)14)4-5-16(11)8-17;1-2/h6-8,15H,4-5H2,1-3H3;1-2H3. The Morgan fingerprint density at radius 1 is 1.35 bits per heavy atom. The van der Waals surface area contributed by atoms with Crippen molar-refractivity contribution in [1.29, 1.82) is 0 Å². The molecular weight excluding hydrogens is 336 g/mol. The summed E-state index contributed by atoms with van der Waals surface area (Å²) in [4.78, 5) is 13.9. The molecule has 1 N–H and O–H groups in total. The van der Waals surface area contributed by atoms with Crippen molar-refractivity contribution < 1.29 is 4.79 Å². The summed E-state index contributed by atoms with van der Waals surface area (Å²) in [7, 11) is 0. The van der Waals surface area contributed by atoms with E-state index in [0.717, 1.165) is 34.4 Å². The molecule has 20 heavy (non-hydrogen) atoms. The minimum Gasteiger partial charge on any atom is -0.314 e. The number of carbonyl (C=O) groups excluding carboxylic acids is 1. The summed E-state index contributed by atoms with van der Waals surface area (Å²) >= 11 is 5.18. The van der Waals surface area contributed by atoms with Gasteiger partial charge < -0.3 is 4.90 Å². The summed E-state index contributed by atoms with van der Waals surface area (Å²) in [6.45, 7) is 11.2. The van der Waals surface area contributed by atoms with E-state index in [1.807, 2.05) is 13.8 Å². The third kappa shape index (κ3) is 4.50. The summed E-state index contributed by atoms with van der Waals surface area (Å²) in [5, 5.41) is 0. The zero-order valence-corrected chi connectivity index (χ0v) is 15.2. The Hall–Kier alpha value is -0.520. The highest BCUT2D eigenvalue weighted by atomic mass is 79.9. The highest BCUT2D eigenvalue weighted by Crippen LogP contribution is 2.36. The Morgan fingerprint density at radius 3 is 2.55 bits per heavy atom. The van der Waals surface area contributed by atoms with Gasteiger partial charge in [0.25, 0.3) is 0 Å². The van der Waals surface area contributed by atoms with Gasteiger partial charge in [0.05, 0.1) is 0 Å². The molecular formula is C15H23BrN2OS. The molecule has 1 heterocycles. The summed E-state index contributed by atoms with van der Waals surface area (Å²) in [6.07, 6.45) is 1.84. The molecule has 0 aromatic heterocycles. The van der Waals surface area contributed by atoms with Gasteiger partial charge in [0.2, 0.25) is 6.41 Å². The van der Waals surface area contributed by atoms with E-state index in [0.29, 0.717) is 0 Å². The van der Waals surface area contributed by atoms with Gasteiger partial charge in [-0.05, 0) is 72.8 Å². The number of nitrogens with zero attached hydrogens (tertiary/aromatic N) is 1. The molecule has 0 radical (unpaired) electrons. The molecule has 0 aliphatic carbocycles. The van der Waals surface area contributed by atoms with Crippen LogP contribution >= 0.6 is 27.9 Å². The Balaban J connectivity index is 0.000000956. The first-order valence-corrected chi connectivity index (χ1v) is 8.50. The van der Waals surface area contributed by atoms with Gasteiger partial charge in [-0.2, -0.15) is 0 Å². The van der Waals surface area contributed by atoms with Gasteiger partial charge in [-0.3, -0.25) is 9.52 Å². The summed E-state index contributed by atoms with van der Waals surface area (Å²) in [5.74, 6) is 0. The van der Waals surface area contributed by atoms with Crippen LogP contribution in [0.5, 0.6) is 0 Å². The maximum Gasteiger partial charge on any atom is 0.214 e. The smallest absolute Gasteiger partial charge is 0.214 e. The number of rotatable bonds is 3. The Kier molecular flexibility index (Phi) is 6.55. The van der Waals surface area contributed by atoms with Crippen LogP contribution in [0.3, 0.4) is 0 Å². The molecule has 0 fully saturated rings. The number of anilines is 1. The number of amides is 1. The second-order valence-corrected chi connectivity index (χ2v) is 7.12. The Bertz CT molecular complexity index is 472. The fourth-order valence-corrected chi connectivity index (χ4v) is 3.19. The highest BCUT2D eigenvalue weighted by Gasteiger charge is 2.21. The monoisotopic (exact) mass is 358 g/mol. The molecule has 0 saturated carbocycles. The van der Waals surface area contributed by atoms with Crippen LogP contribution in [0.2, 0.25) is 0 Å². The first kappa shape index (κ1) is 17.5. The van der Waals surface area contributed by atoms with Gasteiger partial charge in [-0.15, -0.1) is 0 Å². The van der Waals surface area contributed by atoms with Crippen molar-refractivity contribution in [2.75, 3.05) is 11.4 Å². The maximum atomic E-state index is 11.0. The van der Waals surface area contributed by atoms with Crippen LogP contribution in [-0.2, 0) is 11.2 Å². The van der Waals surface area contributed by atoms with Crippen molar-refractivity contribution in [3.8, 4) is 0 Å². The molecule has 1 aliphatic rings. The second kappa shape index (κ2) is 7.48. The van der Waals surface area contributed by atoms with Gasteiger partial charge in [0, 0.05) is 27.1 Å². The van der Waals surface area contributed by atoms with E-state index in [1.54, 1.807) is 16.8 Å². The second-order valence-electron chi connectivity index (χ2n) is 5.41. The van der Waals surface area contributed by atoms with Gasteiger partial charge in [-0.25, -0.2) is 0 Å². The number of hydrogen-bond donors (Lipinski definition) is 1. The van der Waals surface area contributed by atoms with Gasteiger partial charge >= 0.3 is 0 Å². The topological polar surface area (TPSA) is 32.3 Å². The van der Waals surface area contributed by atoms with Gasteiger partial charge in [-0.1, -0.05) is 13.8 Å². The summed E-state index contributed by atoms with van der Waals surface area (Å²) in [6, 6.07) is 4.19. The Morgan fingerprint density at radius 2 is 2.00 bits per heavy atom. The minimum absolute atomic E-state index is 0.0491. The average Bonchev–Trinajstić information content (AvgIpc) is 2.79. The van der Waals surface area contributed by atoms with Crippen molar-refractivity contribution in [2.24, 2.45) is 0 Å². The van der Waals surface area contributed by atoms with Crippen LogP contribution in [0, 0.1) is 0 Å². The van der Waals surface area contributed by atoms with Gasteiger partial charge in [0.1, 0.15) is 0 Å². The molecule has 112 valence electrons. The van der Waals surface area contributed by atoms with Crippen LogP contribution in [0.25, 0.3) is 0 Å². The molecule has 1 amide bonds. The number of benzene rings is 1. The molecule has 2 rings (SSSR count). The number of fused-ring (bicyclic) bond motifs is 1. The lowest BCUT2D eigenvalue weighted by atomic mass is 10.1. The van der Waals surface area contributed by atoms with Crippen molar-refractivity contribution in [2.45, 2.75) is 51.5 Å². The molecule has 0 unspecified atom stereocenters. The van der Waals surface area contributed by atoms with E-state index in [1.165, 1.54) is 5.56 Å². The van der Waals surface area contributed by atoms with Crippen molar-refractivity contribution >= 4 is 40.0 Å². The fraction of sp³-hybridized carbons (Fsp3) is 0.533. The van der Waals surface area contributed by atoms with E-state index in [-0.39, 0.29) is 5.54 Å². The lowest BCUT2D eigenvalue weighted by Gasteiger charge is -2.20. The number of halogens is 1. The zero-order valence-electron chi connectivity index (χ0n) is 12.8. The molecule has 1 aromatic carbocycles. The van der Waals surface area contributed by atoms with Crippen LogP contribution in [-0.4, -0.2) is 18.5 Å². The lowest BCUT2D eigenvalue weighted by Crippen LogP contribution is -2.29. The fourth-order valence-electron chi connectivity index (χ4n) is 1.81. The van der Waals surface area contributed by atoms with Crippen LogP contribution in [0.4, 0.5) is 5.69 Å². The molecule has 5 heteroatoms. The molecule has 1 aromatic rings. The number of carbonyl (C=O) groups is 1. The predicted molar refractivity (Wildman–Crippen MR) is 91.3 cm³/mol. The molecule has 0 bridgehead atoms. The van der Waals surface area contributed by atoms with Crippen molar-refractivity contribution in [3.05, 3.63) is 22.2 Å². The highest BCUT2D eigenvalue weighted by molar-refractivity contribution is 9.10. The SMILES string of the molecule is CC.CC(C)(C)NSc1cc2c(cc1Br)CCN2C=O. The van der Waals surface area contributed by atoms with Gasteiger partial charge in [0.15, 0.2) is 0 Å². The largest absolute Gasteiger partial charge is 0.314 e. The predicted octanol–water partition coefficient (Wildman–Crippen LogP) is 4.39. The first-order valence-electron chi connectivity index (χ1n) is 6.89. The van der Waals surface area contributed by atoms with E-state index < -0.39 is 0 Å². The van der Waals surface area contributed by atoms with E-state index in [9.17, 15) is 4.79 Å². The van der Waals surface area contributed by atoms with Crippen LogP contribution in [0.15, 0.2) is 21.5 Å². The van der Waals surface area contributed by atoms with Crippen molar-refractivity contribution in [1.82, 2.24) is 4.72 Å². The molecule has 3 nitrogen and oxygen atoms in total. The first-order chi connectivity index (χ1) is 9.40. The average molecular weight is 359 g/mol. The maximum absolute atomic E-state index is 11.0. The zero-order chi connectivity index (χ0) is 15.3. The molecule has 0 spiro atoms. The minimum atomic E-state index is 0.0491. The Labute approximate surface area is 134 Å². The normalized spacial score (nSPS) is 13.6. The third-order valence-corrected chi connectivity index (χ3v) is 4.85.